The summed E-state index contributed by atoms with van der Waals surface area (Å²) < 4.78 is 2.25. The molecule has 142 valence electrons. The molecule has 0 radical (unpaired) electrons. The number of aryl methyl sites for hydroxylation is 1. The van der Waals surface area contributed by atoms with Crippen LogP contribution in [-0.2, 0) is 13.1 Å². The average molecular weight is 364 g/mol. The van der Waals surface area contributed by atoms with Gasteiger partial charge in [0.15, 0.2) is 0 Å². The standard InChI is InChI=1S/C22H28N4O/c1-2-3-4-5-6-9-15-26-20-13-8-7-12-19(20)25-21(26)17-24-22(27)18-11-10-14-23-16-18/h7-8,10-14,16H,2-6,9,15,17H2,1H3,(H,24,27). The molecule has 0 aliphatic rings. The van der Waals surface area contributed by atoms with E-state index in [1.165, 1.54) is 32.1 Å². The van der Waals surface area contributed by atoms with E-state index in [1.54, 1.807) is 24.5 Å². The predicted octanol–water partition coefficient (Wildman–Crippen LogP) is 4.72. The van der Waals surface area contributed by atoms with Crippen molar-refractivity contribution >= 4 is 16.9 Å². The topological polar surface area (TPSA) is 59.8 Å². The zero-order valence-electron chi connectivity index (χ0n) is 16.0. The molecule has 0 spiro atoms. The van der Waals surface area contributed by atoms with Gasteiger partial charge in [-0.25, -0.2) is 4.98 Å². The van der Waals surface area contributed by atoms with Crippen LogP contribution in [0, 0.1) is 0 Å². The van der Waals surface area contributed by atoms with Gasteiger partial charge in [-0.2, -0.15) is 0 Å². The first-order valence-corrected chi connectivity index (χ1v) is 9.92. The summed E-state index contributed by atoms with van der Waals surface area (Å²) in [6.45, 7) is 3.59. The smallest absolute Gasteiger partial charge is 0.253 e. The number of fused-ring (bicyclic) bond motifs is 1. The van der Waals surface area contributed by atoms with Crippen molar-refractivity contribution < 1.29 is 4.79 Å². The molecule has 0 saturated carbocycles. The maximum Gasteiger partial charge on any atom is 0.253 e. The number of nitrogens with zero attached hydrogens (tertiary/aromatic N) is 3. The van der Waals surface area contributed by atoms with Gasteiger partial charge in [-0.15, -0.1) is 0 Å². The Morgan fingerprint density at radius 1 is 1.04 bits per heavy atom. The van der Waals surface area contributed by atoms with Crippen molar-refractivity contribution in [2.75, 3.05) is 0 Å². The second-order valence-electron chi connectivity index (χ2n) is 6.86. The Bertz CT molecular complexity index is 857. The number of carbonyl (C=O) groups is 1. The van der Waals surface area contributed by atoms with E-state index in [1.807, 2.05) is 18.2 Å². The van der Waals surface area contributed by atoms with E-state index >= 15 is 0 Å². The van der Waals surface area contributed by atoms with Gasteiger partial charge in [0, 0.05) is 18.9 Å². The van der Waals surface area contributed by atoms with Crippen molar-refractivity contribution in [3.05, 3.63) is 60.2 Å². The van der Waals surface area contributed by atoms with Crippen molar-refractivity contribution in [1.82, 2.24) is 19.9 Å². The number of hydrogen-bond acceptors (Lipinski definition) is 3. The Morgan fingerprint density at radius 3 is 2.67 bits per heavy atom. The molecule has 5 heteroatoms. The molecular weight excluding hydrogens is 336 g/mol. The van der Waals surface area contributed by atoms with Crippen LogP contribution in [0.5, 0.6) is 0 Å². The number of imidazole rings is 1. The van der Waals surface area contributed by atoms with Crippen LogP contribution in [0.4, 0.5) is 0 Å². The summed E-state index contributed by atoms with van der Waals surface area (Å²) in [5, 5.41) is 2.97. The van der Waals surface area contributed by atoms with Crippen LogP contribution in [0.1, 0.15) is 61.6 Å². The lowest BCUT2D eigenvalue weighted by Crippen LogP contribution is -2.24. The highest BCUT2D eigenvalue weighted by Gasteiger charge is 2.12. The Labute approximate surface area is 160 Å². The second kappa shape index (κ2) is 9.86. The average Bonchev–Trinajstić information content (AvgIpc) is 3.07. The number of hydrogen-bond donors (Lipinski definition) is 1. The summed E-state index contributed by atoms with van der Waals surface area (Å²) in [5.74, 6) is 0.781. The minimum Gasteiger partial charge on any atom is -0.345 e. The van der Waals surface area contributed by atoms with Crippen LogP contribution in [0.25, 0.3) is 11.0 Å². The lowest BCUT2D eigenvalue weighted by Gasteiger charge is -2.10. The highest BCUT2D eigenvalue weighted by molar-refractivity contribution is 5.93. The third kappa shape index (κ3) is 5.16. The Hall–Kier alpha value is -2.69. The Morgan fingerprint density at radius 2 is 1.85 bits per heavy atom. The number of amides is 1. The zero-order valence-corrected chi connectivity index (χ0v) is 16.0. The van der Waals surface area contributed by atoms with Gasteiger partial charge in [-0.3, -0.25) is 9.78 Å². The number of benzene rings is 1. The first-order chi connectivity index (χ1) is 13.3. The molecule has 1 N–H and O–H groups in total. The van der Waals surface area contributed by atoms with Crippen LogP contribution in [-0.4, -0.2) is 20.4 Å². The van der Waals surface area contributed by atoms with Crippen molar-refractivity contribution in [3.8, 4) is 0 Å². The molecule has 1 amide bonds. The van der Waals surface area contributed by atoms with Gasteiger partial charge in [0.1, 0.15) is 5.82 Å². The van der Waals surface area contributed by atoms with Gasteiger partial charge < -0.3 is 9.88 Å². The van der Waals surface area contributed by atoms with E-state index in [-0.39, 0.29) is 5.91 Å². The molecule has 0 fully saturated rings. The van der Waals surface area contributed by atoms with E-state index in [0.717, 1.165) is 29.8 Å². The van der Waals surface area contributed by atoms with Gasteiger partial charge in [-0.05, 0) is 30.7 Å². The number of pyridine rings is 1. The van der Waals surface area contributed by atoms with Gasteiger partial charge in [0.25, 0.3) is 5.91 Å². The Balaban J connectivity index is 1.66. The molecule has 0 unspecified atom stereocenters. The highest BCUT2D eigenvalue weighted by atomic mass is 16.1. The SMILES string of the molecule is CCCCCCCCn1c(CNC(=O)c2cccnc2)nc2ccccc21. The second-order valence-corrected chi connectivity index (χ2v) is 6.86. The normalized spacial score (nSPS) is 11.0. The summed E-state index contributed by atoms with van der Waals surface area (Å²) in [4.78, 5) is 21.1. The minimum atomic E-state index is -0.124. The van der Waals surface area contributed by atoms with Crippen LogP contribution in [0.15, 0.2) is 48.8 Å². The van der Waals surface area contributed by atoms with Gasteiger partial charge in [0.05, 0.1) is 23.1 Å². The Kier molecular flexibility index (Phi) is 6.97. The number of aromatic nitrogens is 3. The molecule has 3 aromatic rings. The lowest BCUT2D eigenvalue weighted by atomic mass is 10.1. The number of unbranched alkanes of at least 4 members (excludes halogenated alkanes) is 5. The number of carbonyl (C=O) groups excluding carboxylic acids is 1. The molecule has 0 aliphatic carbocycles. The number of para-hydroxylation sites is 2. The van der Waals surface area contributed by atoms with E-state index in [2.05, 4.69) is 27.9 Å². The fourth-order valence-corrected chi connectivity index (χ4v) is 3.32. The summed E-state index contributed by atoms with van der Waals surface area (Å²) in [6, 6.07) is 11.7. The number of nitrogens with one attached hydrogen (secondary N) is 1. The largest absolute Gasteiger partial charge is 0.345 e. The summed E-state index contributed by atoms with van der Waals surface area (Å²) >= 11 is 0. The minimum absolute atomic E-state index is 0.124. The lowest BCUT2D eigenvalue weighted by molar-refractivity contribution is 0.0949. The molecule has 5 nitrogen and oxygen atoms in total. The maximum absolute atomic E-state index is 12.3. The zero-order chi connectivity index (χ0) is 18.9. The highest BCUT2D eigenvalue weighted by Crippen LogP contribution is 2.18. The quantitative estimate of drug-likeness (QED) is 0.529. The predicted molar refractivity (Wildman–Crippen MR) is 109 cm³/mol. The third-order valence-electron chi connectivity index (χ3n) is 4.80. The fraction of sp³-hybridized carbons (Fsp3) is 0.409. The molecule has 27 heavy (non-hydrogen) atoms. The summed E-state index contributed by atoms with van der Waals surface area (Å²) in [5.41, 5.74) is 2.68. The number of rotatable bonds is 10. The summed E-state index contributed by atoms with van der Waals surface area (Å²) in [7, 11) is 0. The third-order valence-corrected chi connectivity index (χ3v) is 4.80. The van der Waals surface area contributed by atoms with Gasteiger partial charge in [-0.1, -0.05) is 51.2 Å². The molecule has 2 aromatic heterocycles. The molecule has 2 heterocycles. The molecular formula is C22H28N4O. The van der Waals surface area contributed by atoms with Crippen molar-refractivity contribution in [3.63, 3.8) is 0 Å². The van der Waals surface area contributed by atoms with Gasteiger partial charge >= 0.3 is 0 Å². The van der Waals surface area contributed by atoms with Gasteiger partial charge in [0.2, 0.25) is 0 Å². The molecule has 1 aromatic carbocycles. The molecule has 0 aliphatic heterocycles. The van der Waals surface area contributed by atoms with Crippen molar-refractivity contribution in [1.29, 1.82) is 0 Å². The molecule has 0 saturated heterocycles. The van der Waals surface area contributed by atoms with E-state index in [4.69, 9.17) is 4.98 Å². The van der Waals surface area contributed by atoms with Crippen LogP contribution in [0.2, 0.25) is 0 Å². The first-order valence-electron chi connectivity index (χ1n) is 9.92. The summed E-state index contributed by atoms with van der Waals surface area (Å²) in [6.07, 6.45) is 10.8. The van der Waals surface area contributed by atoms with E-state index in [9.17, 15) is 4.79 Å². The molecule has 0 bridgehead atoms. The molecule has 0 atom stereocenters. The molecule has 3 rings (SSSR count). The fourth-order valence-electron chi connectivity index (χ4n) is 3.32. The van der Waals surface area contributed by atoms with Crippen molar-refractivity contribution in [2.45, 2.75) is 58.5 Å². The van der Waals surface area contributed by atoms with E-state index < -0.39 is 0 Å². The van der Waals surface area contributed by atoms with Crippen LogP contribution in [0.3, 0.4) is 0 Å². The van der Waals surface area contributed by atoms with Crippen LogP contribution < -0.4 is 5.32 Å². The van der Waals surface area contributed by atoms with Crippen molar-refractivity contribution in [2.24, 2.45) is 0 Å². The monoisotopic (exact) mass is 364 g/mol. The van der Waals surface area contributed by atoms with E-state index in [0.29, 0.717) is 12.1 Å². The van der Waals surface area contributed by atoms with Crippen LogP contribution >= 0.6 is 0 Å². The first kappa shape index (κ1) is 19.1. The maximum atomic E-state index is 12.3.